The quantitative estimate of drug-likeness (QED) is 0.316. The number of benzene rings is 1. The van der Waals surface area contributed by atoms with Gasteiger partial charge in [0.05, 0.1) is 11.3 Å². The fourth-order valence-corrected chi connectivity index (χ4v) is 4.57. The molecule has 0 aliphatic heterocycles. The molecule has 3 amide bonds. The Kier molecular flexibility index (Phi) is 7.42. The van der Waals surface area contributed by atoms with Crippen LogP contribution in [0, 0.1) is 0 Å². The van der Waals surface area contributed by atoms with E-state index in [9.17, 15) is 14.4 Å². The van der Waals surface area contributed by atoms with Crippen molar-refractivity contribution < 1.29 is 9.59 Å². The van der Waals surface area contributed by atoms with Crippen molar-refractivity contribution in [2.75, 3.05) is 12.3 Å². The lowest BCUT2D eigenvalue weighted by Gasteiger charge is -2.10. The minimum Gasteiger partial charge on any atom is -0.338 e. The molecular weight excluding hydrogens is 420 g/mol. The monoisotopic (exact) mass is 442 g/mol. The summed E-state index contributed by atoms with van der Waals surface area (Å²) in [5, 5.41) is 5.26. The summed E-state index contributed by atoms with van der Waals surface area (Å²) < 4.78 is 2.05. The molecule has 2 aromatic heterocycles. The van der Waals surface area contributed by atoms with Gasteiger partial charge in [-0.3, -0.25) is 19.5 Å². The zero-order valence-corrected chi connectivity index (χ0v) is 18.1. The van der Waals surface area contributed by atoms with Gasteiger partial charge in [-0.2, -0.15) is 0 Å². The maximum atomic E-state index is 13.0. The number of urea groups is 1. The number of carbonyl (C=O) groups is 2. The Morgan fingerprint density at radius 3 is 2.77 bits per heavy atom. The predicted octanol–water partition coefficient (Wildman–Crippen LogP) is 3.64. The summed E-state index contributed by atoms with van der Waals surface area (Å²) in [6.45, 7) is 6.40. The Morgan fingerprint density at radius 1 is 1.30 bits per heavy atom. The van der Waals surface area contributed by atoms with Gasteiger partial charge in [0.25, 0.3) is 5.56 Å². The molecule has 9 heteroatoms. The van der Waals surface area contributed by atoms with Crippen LogP contribution in [0.4, 0.5) is 4.79 Å². The topological polar surface area (TPSA) is 93.1 Å². The number of allylic oxidation sites excluding steroid dienone is 1. The molecule has 2 heterocycles. The smallest absolute Gasteiger partial charge is 0.321 e. The highest BCUT2D eigenvalue weighted by molar-refractivity contribution is 7.99. The summed E-state index contributed by atoms with van der Waals surface area (Å²) in [6.07, 6.45) is 2.39. The van der Waals surface area contributed by atoms with Crippen LogP contribution in [0.25, 0.3) is 20.7 Å². The summed E-state index contributed by atoms with van der Waals surface area (Å²) in [4.78, 5) is 42.3. The summed E-state index contributed by atoms with van der Waals surface area (Å²) >= 11 is 2.51. The van der Waals surface area contributed by atoms with E-state index in [4.69, 9.17) is 0 Å². The Hall–Kier alpha value is -2.91. The van der Waals surface area contributed by atoms with Crippen LogP contribution < -0.4 is 16.2 Å². The number of hydrogen-bond donors (Lipinski definition) is 2. The number of rotatable bonds is 8. The highest BCUT2D eigenvalue weighted by Gasteiger charge is 2.16. The number of thioether (sulfide) groups is 1. The number of nitrogens with one attached hydrogen (secondary N) is 2. The molecule has 0 atom stereocenters. The van der Waals surface area contributed by atoms with Crippen molar-refractivity contribution in [2.24, 2.45) is 0 Å². The van der Waals surface area contributed by atoms with Crippen LogP contribution in [-0.2, 0) is 11.3 Å². The summed E-state index contributed by atoms with van der Waals surface area (Å²) in [7, 11) is 0. The lowest BCUT2D eigenvalue weighted by atomic mass is 10.2. The van der Waals surface area contributed by atoms with Crippen molar-refractivity contribution >= 4 is 45.3 Å². The molecule has 0 fully saturated rings. The highest BCUT2D eigenvalue weighted by Crippen LogP contribution is 2.31. The van der Waals surface area contributed by atoms with E-state index in [2.05, 4.69) is 22.2 Å². The molecule has 0 aliphatic rings. The third kappa shape index (κ3) is 5.17. The SMILES string of the molecule is C=CCn1c(SCC(=O)NC(=O)NCCC)nc2cc(-c3ccccc3)sc2c1=O. The van der Waals surface area contributed by atoms with Crippen molar-refractivity contribution in [1.82, 2.24) is 20.2 Å². The molecule has 0 spiro atoms. The molecule has 0 bridgehead atoms. The van der Waals surface area contributed by atoms with Crippen molar-refractivity contribution in [1.29, 1.82) is 0 Å². The number of thiophene rings is 1. The highest BCUT2D eigenvalue weighted by atomic mass is 32.2. The Bertz CT molecular complexity index is 1120. The molecule has 3 aromatic rings. The van der Waals surface area contributed by atoms with Gasteiger partial charge < -0.3 is 5.32 Å². The number of carbonyl (C=O) groups excluding carboxylic acids is 2. The molecule has 0 saturated carbocycles. The zero-order valence-electron chi connectivity index (χ0n) is 16.5. The van der Waals surface area contributed by atoms with Crippen LogP contribution in [0.3, 0.4) is 0 Å². The molecule has 1 aromatic carbocycles. The standard InChI is InChI=1S/C21H22N4O3S2/c1-3-10-22-20(28)24-17(26)13-29-21-23-15-12-16(14-8-6-5-7-9-14)30-18(15)19(27)25(21)11-4-2/h4-9,12H,2-3,10-11,13H2,1H3,(H2,22,24,26,28). The maximum absolute atomic E-state index is 13.0. The van der Waals surface area contributed by atoms with Crippen LogP contribution in [-0.4, -0.2) is 33.8 Å². The second-order valence-corrected chi connectivity index (χ2v) is 8.38. The predicted molar refractivity (Wildman–Crippen MR) is 122 cm³/mol. The normalized spacial score (nSPS) is 10.7. The fourth-order valence-electron chi connectivity index (χ4n) is 2.71. The second kappa shape index (κ2) is 10.2. The Morgan fingerprint density at radius 2 is 2.07 bits per heavy atom. The van der Waals surface area contributed by atoms with E-state index >= 15 is 0 Å². The van der Waals surface area contributed by atoms with Gasteiger partial charge in [-0.1, -0.05) is 55.1 Å². The van der Waals surface area contributed by atoms with Crippen LogP contribution in [0.1, 0.15) is 13.3 Å². The lowest BCUT2D eigenvalue weighted by Crippen LogP contribution is -2.40. The van der Waals surface area contributed by atoms with Crippen LogP contribution in [0.2, 0.25) is 0 Å². The van der Waals surface area contributed by atoms with E-state index in [0.717, 1.165) is 28.6 Å². The van der Waals surface area contributed by atoms with E-state index in [1.807, 2.05) is 43.3 Å². The van der Waals surface area contributed by atoms with Crippen LogP contribution in [0.15, 0.2) is 59.0 Å². The number of amides is 3. The fraction of sp³-hybridized carbons (Fsp3) is 0.238. The Balaban J connectivity index is 1.85. The number of imide groups is 1. The van der Waals surface area contributed by atoms with E-state index in [1.54, 1.807) is 6.08 Å². The van der Waals surface area contributed by atoms with E-state index in [1.165, 1.54) is 15.9 Å². The third-order valence-electron chi connectivity index (χ3n) is 4.09. The molecule has 0 radical (unpaired) electrons. The van der Waals surface area contributed by atoms with Crippen molar-refractivity contribution in [3.63, 3.8) is 0 Å². The molecule has 3 rings (SSSR count). The van der Waals surface area contributed by atoms with Crippen LogP contribution in [0.5, 0.6) is 0 Å². The lowest BCUT2D eigenvalue weighted by molar-refractivity contribution is -0.117. The Labute approximate surface area is 182 Å². The summed E-state index contributed by atoms with van der Waals surface area (Å²) in [5.74, 6) is -0.493. The van der Waals surface area contributed by atoms with Gasteiger partial charge >= 0.3 is 6.03 Å². The minimum absolute atomic E-state index is 0.0374. The summed E-state index contributed by atoms with van der Waals surface area (Å²) in [5.41, 5.74) is 1.44. The van der Waals surface area contributed by atoms with Crippen molar-refractivity contribution in [3.05, 3.63) is 59.4 Å². The number of nitrogens with zero attached hydrogens (tertiary/aromatic N) is 2. The van der Waals surface area contributed by atoms with Gasteiger partial charge in [-0.05, 0) is 18.1 Å². The maximum Gasteiger partial charge on any atom is 0.321 e. The molecule has 0 unspecified atom stereocenters. The first-order chi connectivity index (χ1) is 14.5. The van der Waals surface area contributed by atoms with Crippen molar-refractivity contribution in [3.8, 4) is 10.4 Å². The average Bonchev–Trinajstić information content (AvgIpc) is 3.18. The molecule has 0 aliphatic carbocycles. The van der Waals surface area contributed by atoms with E-state index in [-0.39, 0.29) is 17.9 Å². The average molecular weight is 443 g/mol. The van der Waals surface area contributed by atoms with E-state index < -0.39 is 11.9 Å². The third-order valence-corrected chi connectivity index (χ3v) is 6.23. The molecule has 7 nitrogen and oxygen atoms in total. The number of hydrogen-bond acceptors (Lipinski definition) is 6. The van der Waals surface area contributed by atoms with Gasteiger partial charge in [0.15, 0.2) is 5.16 Å². The largest absolute Gasteiger partial charge is 0.338 e. The second-order valence-electron chi connectivity index (χ2n) is 6.38. The zero-order chi connectivity index (χ0) is 21.5. The number of aromatic nitrogens is 2. The molecule has 0 saturated heterocycles. The molecular formula is C21H22N4O3S2. The summed E-state index contributed by atoms with van der Waals surface area (Å²) in [6, 6.07) is 11.2. The minimum atomic E-state index is -0.528. The van der Waals surface area contributed by atoms with Gasteiger partial charge in [0.1, 0.15) is 4.70 Å². The van der Waals surface area contributed by atoms with Crippen molar-refractivity contribution in [2.45, 2.75) is 25.0 Å². The first kappa shape index (κ1) is 21.8. The van der Waals surface area contributed by atoms with E-state index in [0.29, 0.717) is 21.9 Å². The molecule has 30 heavy (non-hydrogen) atoms. The van der Waals surface area contributed by atoms with Gasteiger partial charge in [0.2, 0.25) is 5.91 Å². The molecule has 156 valence electrons. The van der Waals surface area contributed by atoms with Gasteiger partial charge in [-0.25, -0.2) is 9.78 Å². The first-order valence-electron chi connectivity index (χ1n) is 9.44. The number of fused-ring (bicyclic) bond motifs is 1. The molecule has 2 N–H and O–H groups in total. The van der Waals surface area contributed by atoms with Gasteiger partial charge in [-0.15, -0.1) is 17.9 Å². The van der Waals surface area contributed by atoms with Crippen LogP contribution >= 0.6 is 23.1 Å². The first-order valence-corrected chi connectivity index (χ1v) is 11.2. The van der Waals surface area contributed by atoms with Gasteiger partial charge in [0, 0.05) is 18.0 Å².